The van der Waals surface area contributed by atoms with Gasteiger partial charge in [0.25, 0.3) is 0 Å². The minimum Gasteiger partial charge on any atom is -0.444 e. The van der Waals surface area contributed by atoms with Gasteiger partial charge in [-0.05, 0) is 54.4 Å². The number of halogens is 6. The van der Waals surface area contributed by atoms with Crippen LogP contribution in [-0.4, -0.2) is 83.8 Å². The van der Waals surface area contributed by atoms with Crippen molar-refractivity contribution in [1.29, 1.82) is 0 Å². The van der Waals surface area contributed by atoms with Gasteiger partial charge in [-0.2, -0.15) is 26.3 Å². The van der Waals surface area contributed by atoms with E-state index in [9.17, 15) is 35.9 Å². The first-order valence-electron chi connectivity index (χ1n) is 11.6. The highest BCUT2D eigenvalue weighted by Gasteiger charge is 2.46. The van der Waals surface area contributed by atoms with Gasteiger partial charge in [-0.15, -0.1) is 0 Å². The van der Waals surface area contributed by atoms with E-state index >= 15 is 0 Å². The number of hydrogen-bond acceptors (Lipinski definition) is 6. The fraction of sp³-hybridized carbons (Fsp3) is 0.909. The zero-order valence-electron chi connectivity index (χ0n) is 21.5. The molecule has 0 aromatic rings. The van der Waals surface area contributed by atoms with Gasteiger partial charge in [-0.25, -0.2) is 9.59 Å². The Hall–Kier alpha value is -1.96. The summed E-state index contributed by atoms with van der Waals surface area (Å²) >= 11 is 0. The van der Waals surface area contributed by atoms with Crippen molar-refractivity contribution in [2.45, 2.75) is 90.0 Å². The molecule has 8 nitrogen and oxygen atoms in total. The van der Waals surface area contributed by atoms with Crippen molar-refractivity contribution in [2.75, 3.05) is 26.2 Å². The number of nitrogens with two attached hydrogens (primary N) is 2. The van der Waals surface area contributed by atoms with Gasteiger partial charge in [-0.3, -0.25) is 0 Å². The van der Waals surface area contributed by atoms with Crippen LogP contribution in [0.1, 0.15) is 54.4 Å². The van der Waals surface area contributed by atoms with Crippen LogP contribution in [0.2, 0.25) is 0 Å². The lowest BCUT2D eigenvalue weighted by atomic mass is 9.94. The number of rotatable bonds is 0. The SMILES string of the molecule is CC(C)(C)OC(=O)N1C[C@@H](N)C[C@@H](C(F)(F)F)C1.CC(C)(C)OC(=O)N1C[C@H](N)C[C@H](C(F)(F)F)C1. The third-order valence-corrected chi connectivity index (χ3v) is 5.20. The molecule has 0 aromatic heterocycles. The Bertz CT molecular complexity index is 687. The molecule has 0 aliphatic carbocycles. The summed E-state index contributed by atoms with van der Waals surface area (Å²) in [5.74, 6) is -3.15. The first-order chi connectivity index (χ1) is 16.0. The Balaban J connectivity index is 0.000000360. The molecule has 0 saturated carbocycles. The molecule has 14 heteroatoms. The van der Waals surface area contributed by atoms with E-state index in [1.165, 1.54) is 0 Å². The largest absolute Gasteiger partial charge is 0.444 e. The topological polar surface area (TPSA) is 111 Å². The van der Waals surface area contributed by atoms with E-state index in [-0.39, 0.29) is 39.0 Å². The lowest BCUT2D eigenvalue weighted by Gasteiger charge is -2.37. The molecule has 2 saturated heterocycles. The zero-order valence-corrected chi connectivity index (χ0v) is 21.5. The number of likely N-dealkylation sites (tertiary alicyclic amines) is 2. The van der Waals surface area contributed by atoms with Crippen LogP contribution in [0.3, 0.4) is 0 Å². The zero-order chi connectivity index (χ0) is 28.3. The Morgan fingerprint density at radius 3 is 1.14 bits per heavy atom. The average Bonchev–Trinajstić information content (AvgIpc) is 2.63. The number of carbonyl (C=O) groups is 2. The van der Waals surface area contributed by atoms with Gasteiger partial charge in [-0.1, -0.05) is 0 Å². The Labute approximate surface area is 207 Å². The molecule has 2 amide bonds. The molecule has 0 spiro atoms. The van der Waals surface area contributed by atoms with E-state index in [0.29, 0.717) is 0 Å². The summed E-state index contributed by atoms with van der Waals surface area (Å²) < 4.78 is 86.0. The van der Waals surface area contributed by atoms with Gasteiger partial charge in [0.1, 0.15) is 11.2 Å². The van der Waals surface area contributed by atoms with Crippen molar-refractivity contribution in [3.05, 3.63) is 0 Å². The molecule has 2 aliphatic heterocycles. The summed E-state index contributed by atoms with van der Waals surface area (Å²) in [7, 11) is 0. The summed E-state index contributed by atoms with van der Waals surface area (Å²) in [6.07, 6.45) is -10.5. The molecule has 36 heavy (non-hydrogen) atoms. The maximum Gasteiger partial charge on any atom is 0.410 e. The van der Waals surface area contributed by atoms with E-state index in [1.807, 2.05) is 0 Å². The number of hydrogen-bond donors (Lipinski definition) is 2. The fourth-order valence-corrected chi connectivity index (χ4v) is 3.70. The monoisotopic (exact) mass is 536 g/mol. The number of carbonyl (C=O) groups excluding carboxylic acids is 2. The highest BCUT2D eigenvalue weighted by molar-refractivity contribution is 5.68. The molecule has 2 aliphatic rings. The first kappa shape index (κ1) is 32.1. The van der Waals surface area contributed by atoms with Gasteiger partial charge in [0, 0.05) is 38.3 Å². The molecule has 0 radical (unpaired) electrons. The maximum atomic E-state index is 12.7. The van der Waals surface area contributed by atoms with Crippen LogP contribution in [0.15, 0.2) is 0 Å². The molecule has 0 bridgehead atoms. The summed E-state index contributed by atoms with van der Waals surface area (Å²) in [6.45, 7) is 9.41. The molecule has 2 rings (SSSR count). The van der Waals surface area contributed by atoms with Crippen molar-refractivity contribution in [3.63, 3.8) is 0 Å². The lowest BCUT2D eigenvalue weighted by Crippen LogP contribution is -2.53. The van der Waals surface area contributed by atoms with E-state index in [0.717, 1.165) is 9.80 Å². The highest BCUT2D eigenvalue weighted by Crippen LogP contribution is 2.34. The van der Waals surface area contributed by atoms with Crippen molar-refractivity contribution in [2.24, 2.45) is 23.3 Å². The van der Waals surface area contributed by atoms with E-state index in [1.54, 1.807) is 41.5 Å². The fourth-order valence-electron chi connectivity index (χ4n) is 3.70. The summed E-state index contributed by atoms with van der Waals surface area (Å²) in [4.78, 5) is 25.5. The third-order valence-electron chi connectivity index (χ3n) is 5.20. The molecule has 212 valence electrons. The quantitative estimate of drug-likeness (QED) is 0.448. The van der Waals surface area contributed by atoms with Crippen LogP contribution < -0.4 is 11.5 Å². The maximum absolute atomic E-state index is 12.7. The standard InChI is InChI=1S/2C11H19F3N2O2/c2*1-10(2,3)18-9(17)16-5-7(11(12,13)14)4-8(15)6-16/h2*7-8H,4-6,15H2,1-3H3/t2*7-,8+/m10/s1. The van der Waals surface area contributed by atoms with Crippen LogP contribution in [0.4, 0.5) is 35.9 Å². The van der Waals surface area contributed by atoms with Crippen LogP contribution >= 0.6 is 0 Å². The minimum absolute atomic E-state index is 0.0987. The van der Waals surface area contributed by atoms with Crippen LogP contribution in [0.25, 0.3) is 0 Å². The molecular weight excluding hydrogens is 498 g/mol. The van der Waals surface area contributed by atoms with Gasteiger partial charge >= 0.3 is 24.5 Å². The number of amides is 2. The molecular formula is C22H38F6N4O4. The van der Waals surface area contributed by atoms with Gasteiger partial charge in [0.2, 0.25) is 0 Å². The average molecular weight is 537 g/mol. The van der Waals surface area contributed by atoms with E-state index in [4.69, 9.17) is 20.9 Å². The predicted octanol–water partition coefficient (Wildman–Crippen LogP) is 4.27. The Morgan fingerprint density at radius 1 is 0.639 bits per heavy atom. The summed E-state index contributed by atoms with van der Waals surface area (Å²) in [5, 5.41) is 0. The number of piperidine rings is 2. The first-order valence-corrected chi connectivity index (χ1v) is 11.6. The van der Waals surface area contributed by atoms with Gasteiger partial charge < -0.3 is 30.7 Å². The van der Waals surface area contributed by atoms with Crippen molar-refractivity contribution in [1.82, 2.24) is 9.80 Å². The second-order valence-electron chi connectivity index (χ2n) is 11.2. The van der Waals surface area contributed by atoms with Crippen LogP contribution in [0.5, 0.6) is 0 Å². The number of alkyl halides is 6. The van der Waals surface area contributed by atoms with Crippen molar-refractivity contribution >= 4 is 12.2 Å². The highest BCUT2D eigenvalue weighted by atomic mass is 19.4. The molecule has 2 heterocycles. The van der Waals surface area contributed by atoms with E-state index in [2.05, 4.69) is 0 Å². The molecule has 2 fully saturated rings. The predicted molar refractivity (Wildman–Crippen MR) is 120 cm³/mol. The molecule has 4 atom stereocenters. The lowest BCUT2D eigenvalue weighted by molar-refractivity contribution is -0.187. The molecule has 0 aromatic carbocycles. The van der Waals surface area contributed by atoms with Crippen molar-refractivity contribution in [3.8, 4) is 0 Å². The molecule has 4 N–H and O–H groups in total. The van der Waals surface area contributed by atoms with Gasteiger partial charge in [0.15, 0.2) is 0 Å². The number of nitrogens with zero attached hydrogens (tertiary/aromatic N) is 2. The van der Waals surface area contributed by atoms with Crippen LogP contribution in [-0.2, 0) is 9.47 Å². The second-order valence-corrected chi connectivity index (χ2v) is 11.2. The Morgan fingerprint density at radius 2 is 0.917 bits per heavy atom. The molecule has 0 unspecified atom stereocenters. The second kappa shape index (κ2) is 11.6. The normalized spacial score (nSPS) is 26.1. The number of ether oxygens (including phenoxy) is 2. The summed E-state index contributed by atoms with van der Waals surface area (Å²) in [6, 6.07) is -1.34. The summed E-state index contributed by atoms with van der Waals surface area (Å²) in [5.41, 5.74) is 9.67. The minimum atomic E-state index is -4.34. The van der Waals surface area contributed by atoms with Crippen LogP contribution in [0, 0.1) is 11.8 Å². The van der Waals surface area contributed by atoms with Crippen molar-refractivity contribution < 1.29 is 45.4 Å². The van der Waals surface area contributed by atoms with E-state index < -0.39 is 59.7 Å². The Kier molecular flexibility index (Phi) is 10.3. The smallest absolute Gasteiger partial charge is 0.410 e. The van der Waals surface area contributed by atoms with Gasteiger partial charge in [0.05, 0.1) is 11.8 Å². The third kappa shape index (κ3) is 11.4.